The van der Waals surface area contributed by atoms with Gasteiger partial charge in [-0.05, 0) is 54.3 Å². The average molecular weight is 581 g/mol. The Labute approximate surface area is 240 Å². The summed E-state index contributed by atoms with van der Waals surface area (Å²) in [6.45, 7) is 3.67. The van der Waals surface area contributed by atoms with Crippen molar-refractivity contribution in [3.05, 3.63) is 90.5 Å². The van der Waals surface area contributed by atoms with E-state index in [9.17, 15) is 23.1 Å². The predicted molar refractivity (Wildman–Crippen MR) is 157 cm³/mol. The molecule has 0 saturated carbocycles. The molecule has 1 heterocycles. The number of aliphatic hydroxyl groups excluding tert-OH is 1. The molecule has 218 valence electrons. The van der Waals surface area contributed by atoms with Crippen LogP contribution in [-0.4, -0.2) is 67.7 Å². The maximum atomic E-state index is 13.6. The lowest BCUT2D eigenvalue weighted by Gasteiger charge is -2.31. The van der Waals surface area contributed by atoms with Gasteiger partial charge in [0.05, 0.1) is 23.6 Å². The lowest BCUT2D eigenvalue weighted by Crippen LogP contribution is -2.53. The molecule has 3 aromatic rings. The van der Waals surface area contributed by atoms with Crippen molar-refractivity contribution in [2.75, 3.05) is 30.3 Å². The fourth-order valence-corrected chi connectivity index (χ4v) is 6.27. The molecule has 2 amide bonds. The summed E-state index contributed by atoms with van der Waals surface area (Å²) >= 11 is 0. The number of carbonyl (C=O) groups excluding carboxylic acids is 2. The molecule has 41 heavy (non-hydrogen) atoms. The third kappa shape index (κ3) is 7.63. The van der Waals surface area contributed by atoms with Gasteiger partial charge in [-0.2, -0.15) is 4.31 Å². The standard InChI is InChI=1S/C30H36N4O6S/c1-21(2)18-33(41(38,39)25-15-13-23(31)14-16-25)19-27(35)26(17-22-9-5-3-6-10-22)32-29(36)28-20-34(30(37)40-28)24-11-7-4-8-12-24/h3-16,21,26-28,35H,17-20,31H2,1-2H3,(H,32,36)/t26-,27-,28+/m0/s1. The summed E-state index contributed by atoms with van der Waals surface area (Å²) in [6.07, 6.45) is -2.79. The maximum absolute atomic E-state index is 13.6. The second-order valence-electron chi connectivity index (χ2n) is 10.5. The lowest BCUT2D eigenvalue weighted by atomic mass is 10.0. The topological polar surface area (TPSA) is 142 Å². The predicted octanol–water partition coefficient (Wildman–Crippen LogP) is 3.03. The van der Waals surface area contributed by atoms with Crippen molar-refractivity contribution in [3.8, 4) is 0 Å². The van der Waals surface area contributed by atoms with E-state index in [1.54, 1.807) is 24.3 Å². The van der Waals surface area contributed by atoms with Crippen LogP contribution in [0.2, 0.25) is 0 Å². The molecular weight excluding hydrogens is 544 g/mol. The maximum Gasteiger partial charge on any atom is 0.415 e. The van der Waals surface area contributed by atoms with Gasteiger partial charge >= 0.3 is 6.09 Å². The molecule has 10 nitrogen and oxygen atoms in total. The highest BCUT2D eigenvalue weighted by atomic mass is 32.2. The number of aliphatic hydroxyl groups is 1. The van der Waals surface area contributed by atoms with E-state index in [4.69, 9.17) is 10.5 Å². The van der Waals surface area contributed by atoms with Crippen LogP contribution >= 0.6 is 0 Å². The summed E-state index contributed by atoms with van der Waals surface area (Å²) in [6, 6.07) is 23.1. The van der Waals surface area contributed by atoms with E-state index in [0.29, 0.717) is 11.4 Å². The molecule has 0 aliphatic carbocycles. The normalized spacial score (nSPS) is 17.0. The first kappa shape index (κ1) is 30.0. The molecule has 3 atom stereocenters. The Balaban J connectivity index is 1.54. The van der Waals surface area contributed by atoms with E-state index in [1.165, 1.54) is 33.5 Å². The SMILES string of the molecule is CC(C)CN(C[C@H](O)[C@H](Cc1ccccc1)NC(=O)[C@H]1CN(c2ccccc2)C(=O)O1)S(=O)(=O)c1ccc(N)cc1. The van der Waals surface area contributed by atoms with E-state index in [-0.39, 0.29) is 36.9 Å². The molecule has 4 rings (SSSR count). The van der Waals surface area contributed by atoms with Crippen LogP contribution in [0.3, 0.4) is 0 Å². The molecule has 11 heteroatoms. The zero-order chi connectivity index (χ0) is 29.6. The quantitative estimate of drug-likeness (QED) is 0.280. The minimum atomic E-state index is -3.97. The molecule has 1 aliphatic heterocycles. The third-order valence-electron chi connectivity index (χ3n) is 6.74. The smallest absolute Gasteiger partial charge is 0.415 e. The van der Waals surface area contributed by atoms with Gasteiger partial charge in [-0.1, -0.05) is 62.4 Å². The summed E-state index contributed by atoms with van der Waals surface area (Å²) in [7, 11) is -3.97. The average Bonchev–Trinajstić information content (AvgIpc) is 3.35. The van der Waals surface area contributed by atoms with Gasteiger partial charge in [-0.15, -0.1) is 0 Å². The molecular formula is C30H36N4O6S. The molecule has 0 spiro atoms. The highest BCUT2D eigenvalue weighted by Gasteiger charge is 2.39. The molecule has 1 fully saturated rings. The van der Waals surface area contributed by atoms with Crippen molar-refractivity contribution < 1.29 is 27.9 Å². The van der Waals surface area contributed by atoms with E-state index in [1.807, 2.05) is 50.2 Å². The summed E-state index contributed by atoms with van der Waals surface area (Å²) in [4.78, 5) is 27.3. The van der Waals surface area contributed by atoms with Crippen LogP contribution in [0.5, 0.6) is 0 Å². The van der Waals surface area contributed by atoms with E-state index < -0.39 is 40.3 Å². The number of hydrogen-bond donors (Lipinski definition) is 3. The minimum Gasteiger partial charge on any atom is -0.434 e. The van der Waals surface area contributed by atoms with Crippen molar-refractivity contribution in [1.29, 1.82) is 0 Å². The number of carbonyl (C=O) groups is 2. The van der Waals surface area contributed by atoms with E-state index in [2.05, 4.69) is 5.32 Å². The number of ether oxygens (including phenoxy) is 1. The van der Waals surface area contributed by atoms with Crippen LogP contribution in [0.25, 0.3) is 0 Å². The first-order chi connectivity index (χ1) is 19.5. The van der Waals surface area contributed by atoms with Gasteiger partial charge in [0.1, 0.15) is 0 Å². The highest BCUT2D eigenvalue weighted by Crippen LogP contribution is 2.23. The molecule has 0 radical (unpaired) electrons. The second-order valence-corrected chi connectivity index (χ2v) is 12.4. The number of nitrogens with zero attached hydrogens (tertiary/aromatic N) is 2. The van der Waals surface area contributed by atoms with Crippen molar-refractivity contribution >= 4 is 33.4 Å². The van der Waals surface area contributed by atoms with Gasteiger partial charge in [0.25, 0.3) is 5.91 Å². The summed E-state index contributed by atoms with van der Waals surface area (Å²) < 4.78 is 33.7. The fraction of sp³-hybridized carbons (Fsp3) is 0.333. The second kappa shape index (κ2) is 13.2. The van der Waals surface area contributed by atoms with Gasteiger partial charge in [-0.3, -0.25) is 9.69 Å². The minimum absolute atomic E-state index is 0.00776. The number of nitrogens with two attached hydrogens (primary N) is 1. The molecule has 1 saturated heterocycles. The van der Waals surface area contributed by atoms with Crippen LogP contribution in [0.1, 0.15) is 19.4 Å². The molecule has 0 aromatic heterocycles. The number of benzene rings is 3. The largest absolute Gasteiger partial charge is 0.434 e. The summed E-state index contributed by atoms with van der Waals surface area (Å²) in [5.74, 6) is -0.608. The third-order valence-corrected chi connectivity index (χ3v) is 8.59. The zero-order valence-corrected chi connectivity index (χ0v) is 23.9. The molecule has 4 N–H and O–H groups in total. The summed E-state index contributed by atoms with van der Waals surface area (Å²) in [5.41, 5.74) is 7.62. The van der Waals surface area contributed by atoms with Crippen LogP contribution in [-0.2, 0) is 26.0 Å². The monoisotopic (exact) mass is 580 g/mol. The molecule has 0 unspecified atom stereocenters. The molecule has 1 aliphatic rings. The zero-order valence-electron chi connectivity index (χ0n) is 23.1. The van der Waals surface area contributed by atoms with Crippen LogP contribution < -0.4 is 16.0 Å². The Hall–Kier alpha value is -3.93. The Morgan fingerprint density at radius 3 is 2.24 bits per heavy atom. The highest BCUT2D eigenvalue weighted by molar-refractivity contribution is 7.89. The van der Waals surface area contributed by atoms with Gasteiger partial charge < -0.3 is 20.9 Å². The van der Waals surface area contributed by atoms with Crippen molar-refractivity contribution in [1.82, 2.24) is 9.62 Å². The van der Waals surface area contributed by atoms with Gasteiger partial charge in [-0.25, -0.2) is 13.2 Å². The van der Waals surface area contributed by atoms with Gasteiger partial charge in [0.15, 0.2) is 6.10 Å². The van der Waals surface area contributed by atoms with Crippen molar-refractivity contribution in [2.45, 2.75) is 43.4 Å². The van der Waals surface area contributed by atoms with Crippen molar-refractivity contribution in [2.24, 2.45) is 5.92 Å². The Kier molecular flexibility index (Phi) is 9.64. The number of para-hydroxylation sites is 1. The molecule has 3 aromatic carbocycles. The lowest BCUT2D eigenvalue weighted by molar-refractivity contribution is -0.129. The van der Waals surface area contributed by atoms with Crippen LogP contribution in [0, 0.1) is 5.92 Å². The Bertz CT molecular complexity index is 1420. The number of cyclic esters (lactones) is 1. The number of hydrogen-bond acceptors (Lipinski definition) is 7. The number of nitrogens with one attached hydrogen (secondary N) is 1. The Morgan fingerprint density at radius 2 is 1.63 bits per heavy atom. The van der Waals surface area contributed by atoms with Crippen LogP contribution in [0.15, 0.2) is 89.8 Å². The van der Waals surface area contributed by atoms with Gasteiger partial charge in [0.2, 0.25) is 10.0 Å². The number of nitrogen functional groups attached to an aromatic ring is 1. The number of rotatable bonds is 12. The van der Waals surface area contributed by atoms with Crippen molar-refractivity contribution in [3.63, 3.8) is 0 Å². The first-order valence-corrected chi connectivity index (χ1v) is 14.9. The van der Waals surface area contributed by atoms with Gasteiger partial charge in [0, 0.05) is 24.5 Å². The fourth-order valence-electron chi connectivity index (χ4n) is 4.65. The number of amides is 2. The summed E-state index contributed by atoms with van der Waals surface area (Å²) in [5, 5.41) is 14.2. The van der Waals surface area contributed by atoms with E-state index >= 15 is 0 Å². The first-order valence-electron chi connectivity index (χ1n) is 13.5. The van der Waals surface area contributed by atoms with Crippen LogP contribution in [0.4, 0.5) is 16.2 Å². The number of sulfonamides is 1. The number of anilines is 2. The molecule has 0 bridgehead atoms. The van der Waals surface area contributed by atoms with E-state index in [0.717, 1.165) is 5.56 Å². The Morgan fingerprint density at radius 1 is 1.02 bits per heavy atom.